The van der Waals surface area contributed by atoms with E-state index in [0.717, 1.165) is 4.47 Å². The van der Waals surface area contributed by atoms with Gasteiger partial charge in [0.2, 0.25) is 0 Å². The van der Waals surface area contributed by atoms with Crippen LogP contribution in [0.2, 0.25) is 0 Å². The lowest BCUT2D eigenvalue weighted by molar-refractivity contribution is 0.0745. The van der Waals surface area contributed by atoms with E-state index in [0.29, 0.717) is 15.6 Å². The molecule has 0 fully saturated rings. The molecule has 0 aliphatic carbocycles. The predicted octanol–water partition coefficient (Wildman–Crippen LogP) is 4.13. The molecule has 0 bridgehead atoms. The van der Waals surface area contributed by atoms with Crippen molar-refractivity contribution in [2.45, 2.75) is 6.10 Å². The maximum Gasteiger partial charge on any atom is 0.196 e. The summed E-state index contributed by atoms with van der Waals surface area (Å²) in [4.78, 5) is 12.2. The number of hydrogen-bond donors (Lipinski definition) is 1. The molecule has 0 unspecified atom stereocenters. The summed E-state index contributed by atoms with van der Waals surface area (Å²) >= 11 is 6.64. The van der Waals surface area contributed by atoms with E-state index in [4.69, 9.17) is 0 Å². The van der Waals surface area contributed by atoms with Crippen molar-refractivity contribution in [3.8, 4) is 0 Å². The summed E-state index contributed by atoms with van der Waals surface area (Å²) < 4.78 is 1.40. The number of carbonyl (C=O) groups excluding carboxylic acids is 1. The summed E-state index contributed by atoms with van der Waals surface area (Å²) in [5.74, 6) is -0.325. The second-order valence-corrected chi connectivity index (χ2v) is 5.48. The Morgan fingerprint density at radius 3 is 2.11 bits per heavy atom. The molecule has 0 aromatic heterocycles. The molecule has 1 N–H and O–H groups in total. The number of hydrogen-bond acceptors (Lipinski definition) is 2. The highest BCUT2D eigenvalue weighted by atomic mass is 79.9. The summed E-state index contributed by atoms with van der Waals surface area (Å²) in [6.45, 7) is 0. The largest absolute Gasteiger partial charge is 0.380 e. The lowest BCUT2D eigenvalue weighted by atomic mass is 10.0. The Bertz CT molecular complexity index is 582. The molecular formula is C14H10Br2O2. The summed E-state index contributed by atoms with van der Waals surface area (Å²) in [5, 5.41) is 10.1. The number of halogens is 2. The van der Waals surface area contributed by atoms with E-state index in [1.54, 1.807) is 36.4 Å². The lowest BCUT2D eigenvalue weighted by Crippen LogP contribution is -2.13. The van der Waals surface area contributed by atoms with Crippen LogP contribution in [0.15, 0.2) is 57.5 Å². The molecule has 0 aliphatic rings. The Morgan fingerprint density at radius 2 is 1.50 bits per heavy atom. The maximum absolute atomic E-state index is 12.2. The van der Waals surface area contributed by atoms with Crippen LogP contribution in [-0.2, 0) is 0 Å². The van der Waals surface area contributed by atoms with E-state index in [-0.39, 0.29) is 5.78 Å². The third-order valence-electron chi connectivity index (χ3n) is 2.59. The molecule has 0 heterocycles. The smallest absolute Gasteiger partial charge is 0.196 e. The van der Waals surface area contributed by atoms with Gasteiger partial charge in [-0.2, -0.15) is 0 Å². The van der Waals surface area contributed by atoms with Gasteiger partial charge in [-0.05, 0) is 12.1 Å². The average Bonchev–Trinajstić information content (AvgIpc) is 2.38. The fourth-order valence-corrected chi connectivity index (χ4v) is 2.63. The van der Waals surface area contributed by atoms with Crippen LogP contribution >= 0.6 is 31.9 Å². The van der Waals surface area contributed by atoms with Crippen LogP contribution in [0.4, 0.5) is 0 Å². The third kappa shape index (κ3) is 2.71. The fourth-order valence-electron chi connectivity index (χ4n) is 1.65. The summed E-state index contributed by atoms with van der Waals surface area (Å²) in [5.41, 5.74) is 1.04. The van der Waals surface area contributed by atoms with Crippen LogP contribution in [0.25, 0.3) is 0 Å². The van der Waals surface area contributed by atoms with Gasteiger partial charge in [0, 0.05) is 20.1 Å². The van der Waals surface area contributed by atoms with Crippen molar-refractivity contribution < 1.29 is 9.90 Å². The van der Waals surface area contributed by atoms with Crippen molar-refractivity contribution in [1.29, 1.82) is 0 Å². The molecule has 18 heavy (non-hydrogen) atoms. The average molecular weight is 370 g/mol. The van der Waals surface area contributed by atoms with E-state index in [1.165, 1.54) is 0 Å². The number of benzene rings is 2. The Labute approximate surface area is 122 Å². The number of aliphatic hydroxyl groups excluding tert-OH is 1. The number of ketones is 1. The molecule has 92 valence electrons. The first-order chi connectivity index (χ1) is 8.61. The van der Waals surface area contributed by atoms with Crippen molar-refractivity contribution in [2.75, 3.05) is 0 Å². The Kier molecular flexibility index (Phi) is 4.32. The number of Topliss-reactive ketones (excluding diaryl/α,β-unsaturated/α-hetero) is 1. The van der Waals surface area contributed by atoms with Gasteiger partial charge in [0.05, 0.1) is 0 Å². The molecule has 0 spiro atoms. The van der Waals surface area contributed by atoms with Gasteiger partial charge in [0.25, 0.3) is 0 Å². The van der Waals surface area contributed by atoms with Crippen LogP contribution in [-0.4, -0.2) is 10.9 Å². The van der Waals surface area contributed by atoms with Gasteiger partial charge in [-0.25, -0.2) is 0 Å². The van der Waals surface area contributed by atoms with Gasteiger partial charge in [-0.3, -0.25) is 4.79 Å². The second-order valence-electron chi connectivity index (χ2n) is 3.77. The normalized spacial score (nSPS) is 12.2. The minimum absolute atomic E-state index is 0.325. The minimum atomic E-state index is -1.17. The van der Waals surface area contributed by atoms with E-state index < -0.39 is 6.10 Å². The van der Waals surface area contributed by atoms with E-state index in [9.17, 15) is 9.90 Å². The molecule has 0 aliphatic heterocycles. The quantitative estimate of drug-likeness (QED) is 0.826. The Hall–Kier alpha value is -0.970. The molecule has 0 radical (unpaired) electrons. The summed E-state index contributed by atoms with van der Waals surface area (Å²) in [6.07, 6.45) is -1.17. The zero-order chi connectivity index (χ0) is 13.1. The molecule has 2 aromatic rings. The molecule has 0 amide bonds. The maximum atomic E-state index is 12.2. The van der Waals surface area contributed by atoms with E-state index in [1.807, 2.05) is 12.1 Å². The van der Waals surface area contributed by atoms with Crippen molar-refractivity contribution in [2.24, 2.45) is 0 Å². The summed E-state index contributed by atoms with van der Waals surface area (Å²) in [7, 11) is 0. The molecule has 0 saturated heterocycles. The lowest BCUT2D eigenvalue weighted by Gasteiger charge is -2.12. The zero-order valence-corrected chi connectivity index (χ0v) is 12.5. The monoisotopic (exact) mass is 368 g/mol. The van der Waals surface area contributed by atoms with Crippen molar-refractivity contribution in [1.82, 2.24) is 0 Å². The van der Waals surface area contributed by atoms with Gasteiger partial charge < -0.3 is 5.11 Å². The predicted molar refractivity (Wildman–Crippen MR) is 77.6 cm³/mol. The molecular weight excluding hydrogens is 360 g/mol. The van der Waals surface area contributed by atoms with Crippen LogP contribution in [0.3, 0.4) is 0 Å². The number of aliphatic hydroxyl groups is 1. The van der Waals surface area contributed by atoms with Crippen LogP contribution in [0, 0.1) is 0 Å². The van der Waals surface area contributed by atoms with Crippen LogP contribution in [0.1, 0.15) is 22.0 Å². The molecule has 2 rings (SSSR count). The van der Waals surface area contributed by atoms with Gasteiger partial charge in [-0.1, -0.05) is 68.3 Å². The SMILES string of the molecule is O=C(c1ccccc1Br)[C@H](O)c1ccccc1Br. The van der Waals surface area contributed by atoms with E-state index >= 15 is 0 Å². The van der Waals surface area contributed by atoms with Gasteiger partial charge >= 0.3 is 0 Å². The highest BCUT2D eigenvalue weighted by Crippen LogP contribution is 2.28. The van der Waals surface area contributed by atoms with Crippen LogP contribution < -0.4 is 0 Å². The number of rotatable bonds is 3. The van der Waals surface area contributed by atoms with Crippen molar-refractivity contribution in [3.05, 3.63) is 68.6 Å². The Balaban J connectivity index is 2.36. The van der Waals surface area contributed by atoms with Crippen molar-refractivity contribution in [3.63, 3.8) is 0 Å². The molecule has 1 atom stereocenters. The number of carbonyl (C=O) groups is 1. The minimum Gasteiger partial charge on any atom is -0.380 e. The molecule has 2 nitrogen and oxygen atoms in total. The first kappa shape index (κ1) is 13.5. The molecule has 4 heteroatoms. The topological polar surface area (TPSA) is 37.3 Å². The molecule has 2 aromatic carbocycles. The second kappa shape index (κ2) is 5.78. The van der Waals surface area contributed by atoms with Gasteiger partial charge in [0.15, 0.2) is 5.78 Å². The Morgan fingerprint density at radius 1 is 0.944 bits per heavy atom. The summed E-state index contributed by atoms with van der Waals surface area (Å²) in [6, 6.07) is 14.2. The van der Waals surface area contributed by atoms with Gasteiger partial charge in [0.1, 0.15) is 6.10 Å². The first-order valence-corrected chi connectivity index (χ1v) is 6.91. The highest BCUT2D eigenvalue weighted by molar-refractivity contribution is 9.10. The highest BCUT2D eigenvalue weighted by Gasteiger charge is 2.22. The first-order valence-electron chi connectivity index (χ1n) is 5.32. The zero-order valence-electron chi connectivity index (χ0n) is 9.31. The van der Waals surface area contributed by atoms with Crippen LogP contribution in [0.5, 0.6) is 0 Å². The standard InChI is InChI=1S/C14H10Br2O2/c15-11-7-3-1-5-9(11)13(17)14(18)10-6-2-4-8-12(10)16/h1-8,13,17H/t13-/m1/s1. The van der Waals surface area contributed by atoms with Gasteiger partial charge in [-0.15, -0.1) is 0 Å². The van der Waals surface area contributed by atoms with E-state index in [2.05, 4.69) is 31.9 Å². The van der Waals surface area contributed by atoms with Crippen molar-refractivity contribution >= 4 is 37.6 Å². The third-order valence-corrected chi connectivity index (χ3v) is 4.00. The fraction of sp³-hybridized carbons (Fsp3) is 0.0714. The molecule has 0 saturated carbocycles.